The maximum absolute atomic E-state index is 14.7. The molecule has 3 aliphatic carbocycles. The molecule has 4 bridgehead atoms. The summed E-state index contributed by atoms with van der Waals surface area (Å²) >= 11 is 0. The first-order chi connectivity index (χ1) is 21.6. The summed E-state index contributed by atoms with van der Waals surface area (Å²) in [7, 11) is 0. The van der Waals surface area contributed by atoms with E-state index in [1.807, 2.05) is 46.8 Å². The molecule has 1 saturated heterocycles. The van der Waals surface area contributed by atoms with E-state index >= 15 is 0 Å². The lowest BCUT2D eigenvalue weighted by Crippen LogP contribution is -2.72. The Labute approximate surface area is 271 Å². The summed E-state index contributed by atoms with van der Waals surface area (Å²) in [5.74, 6) is -1.66. The topological polar surface area (TPSA) is 119 Å². The highest BCUT2D eigenvalue weighted by atomic mass is 16.6. The summed E-state index contributed by atoms with van der Waals surface area (Å²) in [6.07, 6.45) is 12.0. The van der Waals surface area contributed by atoms with Crippen molar-refractivity contribution in [1.82, 2.24) is 0 Å². The summed E-state index contributed by atoms with van der Waals surface area (Å²) < 4.78 is 18.7. The molecule has 2 aliphatic heterocycles. The van der Waals surface area contributed by atoms with E-state index in [4.69, 9.17) is 14.2 Å². The minimum atomic E-state index is -1.59. The van der Waals surface area contributed by atoms with Gasteiger partial charge in [0.1, 0.15) is 28.6 Å². The number of ketones is 2. The SMILES string of the molecule is CC(C)=CCC/C(C)=C/Cc1c(O)c(CC=C(C)C)c2c(c1O)C(=O)C1=CC3CC4C(C)(C)O[C@@](C/C=C(/C)OC=O)(C3=O)[C@@]14O2. The number of carbonyl (C=O) groups excluding carboxylic acids is 3. The van der Waals surface area contributed by atoms with Crippen LogP contribution in [0.1, 0.15) is 103 Å². The lowest BCUT2D eigenvalue weighted by molar-refractivity contribution is -0.171. The molecule has 1 spiro atoms. The third-order valence-corrected chi connectivity index (χ3v) is 10.1. The van der Waals surface area contributed by atoms with Crippen molar-refractivity contribution in [2.45, 2.75) is 111 Å². The minimum Gasteiger partial charge on any atom is -0.507 e. The van der Waals surface area contributed by atoms with Gasteiger partial charge in [-0.2, -0.15) is 0 Å². The molecule has 6 rings (SSSR count). The predicted octanol–water partition coefficient (Wildman–Crippen LogP) is 7.32. The van der Waals surface area contributed by atoms with Gasteiger partial charge in [0.15, 0.2) is 22.8 Å². The average molecular weight is 631 g/mol. The van der Waals surface area contributed by atoms with Crippen molar-refractivity contribution in [3.8, 4) is 17.2 Å². The van der Waals surface area contributed by atoms with Gasteiger partial charge in [-0.15, -0.1) is 0 Å². The molecule has 2 unspecified atom stereocenters. The number of aromatic hydroxyl groups is 2. The molecule has 0 radical (unpaired) electrons. The Balaban J connectivity index is 1.70. The van der Waals surface area contributed by atoms with Gasteiger partial charge >= 0.3 is 0 Å². The molecule has 246 valence electrons. The Morgan fingerprint density at radius 2 is 1.63 bits per heavy atom. The zero-order chi connectivity index (χ0) is 33.8. The van der Waals surface area contributed by atoms with Crippen LogP contribution in [0.25, 0.3) is 0 Å². The number of phenolic OH excluding ortho intramolecular Hbond substituents is 2. The van der Waals surface area contributed by atoms with Crippen LogP contribution in [0.2, 0.25) is 0 Å². The molecule has 0 amide bonds. The van der Waals surface area contributed by atoms with Crippen LogP contribution in [0, 0.1) is 11.8 Å². The van der Waals surface area contributed by atoms with Gasteiger partial charge in [0.2, 0.25) is 0 Å². The Morgan fingerprint density at radius 3 is 2.28 bits per heavy atom. The molecule has 4 atom stereocenters. The number of hydrogen-bond donors (Lipinski definition) is 2. The molecule has 5 aliphatic rings. The first-order valence-electron chi connectivity index (χ1n) is 16.1. The maximum Gasteiger partial charge on any atom is 0.298 e. The average Bonchev–Trinajstić information content (AvgIpc) is 3.12. The number of rotatable bonds is 11. The molecule has 8 nitrogen and oxygen atoms in total. The first kappa shape index (κ1) is 33.5. The second-order valence-electron chi connectivity index (χ2n) is 14.2. The lowest BCUT2D eigenvalue weighted by Gasteiger charge is -2.56. The van der Waals surface area contributed by atoms with Gasteiger partial charge in [0, 0.05) is 35.0 Å². The van der Waals surface area contributed by atoms with E-state index in [9.17, 15) is 24.6 Å². The lowest BCUT2D eigenvalue weighted by atomic mass is 9.51. The molecule has 46 heavy (non-hydrogen) atoms. The third kappa shape index (κ3) is 5.15. The number of benzene rings is 1. The van der Waals surface area contributed by atoms with E-state index in [2.05, 4.69) is 19.9 Å². The fourth-order valence-corrected chi connectivity index (χ4v) is 7.83. The second-order valence-corrected chi connectivity index (χ2v) is 14.2. The smallest absolute Gasteiger partial charge is 0.298 e. The van der Waals surface area contributed by atoms with Crippen LogP contribution in [0.5, 0.6) is 17.2 Å². The molecule has 2 N–H and O–H groups in total. The Morgan fingerprint density at radius 1 is 0.957 bits per heavy atom. The van der Waals surface area contributed by atoms with Gasteiger partial charge in [0.05, 0.1) is 5.60 Å². The quantitative estimate of drug-likeness (QED) is 0.148. The van der Waals surface area contributed by atoms with Crippen molar-refractivity contribution >= 4 is 18.0 Å². The largest absolute Gasteiger partial charge is 0.507 e. The molecule has 8 heteroatoms. The van der Waals surface area contributed by atoms with E-state index in [0.29, 0.717) is 29.8 Å². The Hall–Kier alpha value is -3.91. The van der Waals surface area contributed by atoms with Crippen LogP contribution >= 0.6 is 0 Å². The van der Waals surface area contributed by atoms with E-state index in [-0.39, 0.29) is 59.3 Å². The molecule has 1 aromatic rings. The van der Waals surface area contributed by atoms with E-state index in [1.165, 1.54) is 5.57 Å². The Bertz CT molecular complexity index is 1640. The fraction of sp³-hybridized carbons (Fsp3) is 0.500. The number of ether oxygens (including phenoxy) is 3. The van der Waals surface area contributed by atoms with Gasteiger partial charge in [-0.1, -0.05) is 41.0 Å². The minimum absolute atomic E-state index is 0.000733. The second kappa shape index (κ2) is 12.0. The normalized spacial score (nSPS) is 27.3. The van der Waals surface area contributed by atoms with Crippen LogP contribution in [0.4, 0.5) is 0 Å². The third-order valence-electron chi connectivity index (χ3n) is 10.1. The molecule has 1 aromatic carbocycles. The van der Waals surface area contributed by atoms with E-state index < -0.39 is 28.5 Å². The van der Waals surface area contributed by atoms with Crippen LogP contribution in [0.3, 0.4) is 0 Å². The first-order valence-corrected chi connectivity index (χ1v) is 16.1. The summed E-state index contributed by atoms with van der Waals surface area (Å²) in [5.41, 5.74) is 0.344. The highest BCUT2D eigenvalue weighted by Crippen LogP contribution is 2.68. The van der Waals surface area contributed by atoms with Crippen LogP contribution in [-0.2, 0) is 31.9 Å². The summed E-state index contributed by atoms with van der Waals surface area (Å²) in [6, 6.07) is 0. The number of fused-ring (bicyclic) bond motifs is 1. The molecule has 2 fully saturated rings. The van der Waals surface area contributed by atoms with Crippen molar-refractivity contribution in [1.29, 1.82) is 0 Å². The fourth-order valence-electron chi connectivity index (χ4n) is 7.83. The van der Waals surface area contributed by atoms with Crippen molar-refractivity contribution in [2.75, 3.05) is 0 Å². The van der Waals surface area contributed by atoms with Gasteiger partial charge < -0.3 is 24.4 Å². The highest BCUT2D eigenvalue weighted by Gasteiger charge is 2.81. The van der Waals surface area contributed by atoms with Crippen molar-refractivity contribution in [3.05, 3.63) is 75.1 Å². The summed E-state index contributed by atoms with van der Waals surface area (Å²) in [5, 5.41) is 23.5. The molecular weight excluding hydrogens is 584 g/mol. The number of phenols is 2. The van der Waals surface area contributed by atoms with Crippen LogP contribution in [0.15, 0.2) is 58.4 Å². The van der Waals surface area contributed by atoms with Crippen LogP contribution in [-0.4, -0.2) is 45.1 Å². The summed E-state index contributed by atoms with van der Waals surface area (Å²) in [6.45, 7) is 15.7. The summed E-state index contributed by atoms with van der Waals surface area (Å²) in [4.78, 5) is 39.9. The van der Waals surface area contributed by atoms with Crippen molar-refractivity contribution < 1.29 is 38.8 Å². The zero-order valence-electron chi connectivity index (χ0n) is 28.2. The van der Waals surface area contributed by atoms with Gasteiger partial charge in [0.25, 0.3) is 6.47 Å². The molecule has 1 saturated carbocycles. The number of Topliss-reactive ketones (excluding diaryl/α,β-unsaturated/α-hetero) is 2. The zero-order valence-corrected chi connectivity index (χ0v) is 28.2. The van der Waals surface area contributed by atoms with Gasteiger partial charge in [-0.25, -0.2) is 0 Å². The van der Waals surface area contributed by atoms with E-state index in [1.54, 1.807) is 19.1 Å². The standard InChI is InChI=1S/C38H46O8/c1-21(2)10-9-11-23(5)13-15-26-31(40)27(14-12-22(3)4)34-30(32(26)41)33(42)28-18-25-19-29-36(7,8)46-37(35(25)43,38(28,29)45-34)17-16-24(6)44-20-39/h10,12-13,16,18,20,25,29,40-41H,9,11,14-15,17,19H2,1-8H3/b23-13+,24-16-/t25?,29?,37-,38+/m0/s1. The molecule has 0 aromatic heterocycles. The predicted molar refractivity (Wildman–Crippen MR) is 175 cm³/mol. The van der Waals surface area contributed by atoms with Gasteiger partial charge in [-0.3, -0.25) is 14.4 Å². The van der Waals surface area contributed by atoms with Crippen molar-refractivity contribution in [2.24, 2.45) is 11.8 Å². The monoisotopic (exact) mass is 630 g/mol. The van der Waals surface area contributed by atoms with Crippen LogP contribution < -0.4 is 4.74 Å². The number of hydrogen-bond acceptors (Lipinski definition) is 8. The van der Waals surface area contributed by atoms with Gasteiger partial charge in [-0.05, 0) is 93.6 Å². The number of carbonyl (C=O) groups is 3. The molecule has 2 heterocycles. The molecular formula is C38H46O8. The highest BCUT2D eigenvalue weighted by molar-refractivity contribution is 6.18. The maximum atomic E-state index is 14.7. The van der Waals surface area contributed by atoms with E-state index in [0.717, 1.165) is 24.0 Å². The Kier molecular flexibility index (Phi) is 8.75. The number of allylic oxidation sites excluding steroid dienone is 8. The van der Waals surface area contributed by atoms with Crippen molar-refractivity contribution in [3.63, 3.8) is 0 Å².